The quantitative estimate of drug-likeness (QED) is 0.745. The number of aromatic nitrogens is 1. The van der Waals surface area contributed by atoms with Crippen molar-refractivity contribution >= 4 is 10.9 Å². The first-order valence-electron chi connectivity index (χ1n) is 4.53. The Morgan fingerprint density at radius 3 is 2.79 bits per heavy atom. The Bertz CT molecular complexity index is 442. The van der Waals surface area contributed by atoms with Crippen molar-refractivity contribution in [3.8, 4) is 0 Å². The van der Waals surface area contributed by atoms with Crippen LogP contribution in [0, 0.1) is 0 Å². The first-order chi connectivity index (χ1) is 6.81. The van der Waals surface area contributed by atoms with E-state index in [1.807, 2.05) is 36.4 Å². The van der Waals surface area contributed by atoms with Crippen molar-refractivity contribution in [3.05, 3.63) is 42.1 Å². The third-order valence-electron chi connectivity index (χ3n) is 2.20. The van der Waals surface area contributed by atoms with Crippen LogP contribution in [0.2, 0.25) is 0 Å². The standard InChI is InChI=1S/C11H12N2O/c12-9(7-14)11-6-5-8-3-1-2-4-10(8)13-11/h1-6,9,14H,7,12H2/t9-/m0/s1. The van der Waals surface area contributed by atoms with Crippen molar-refractivity contribution in [2.75, 3.05) is 6.61 Å². The molecule has 1 aromatic carbocycles. The number of pyridine rings is 1. The molecule has 72 valence electrons. The van der Waals surface area contributed by atoms with Crippen LogP contribution in [0.5, 0.6) is 0 Å². The summed E-state index contributed by atoms with van der Waals surface area (Å²) in [6.45, 7) is -0.0780. The highest BCUT2D eigenvalue weighted by Crippen LogP contribution is 2.14. The van der Waals surface area contributed by atoms with E-state index in [2.05, 4.69) is 4.98 Å². The summed E-state index contributed by atoms with van der Waals surface area (Å²) in [5.74, 6) is 0. The predicted octanol–water partition coefficient (Wildman–Crippen LogP) is 1.23. The highest BCUT2D eigenvalue weighted by molar-refractivity contribution is 5.78. The molecule has 14 heavy (non-hydrogen) atoms. The Kier molecular flexibility index (Phi) is 2.43. The fraction of sp³-hybridized carbons (Fsp3) is 0.182. The van der Waals surface area contributed by atoms with Gasteiger partial charge in [-0.3, -0.25) is 4.98 Å². The zero-order valence-electron chi connectivity index (χ0n) is 7.72. The van der Waals surface area contributed by atoms with Crippen LogP contribution in [-0.2, 0) is 0 Å². The maximum Gasteiger partial charge on any atom is 0.0706 e. The second-order valence-electron chi connectivity index (χ2n) is 3.22. The lowest BCUT2D eigenvalue weighted by atomic mass is 10.1. The van der Waals surface area contributed by atoms with Gasteiger partial charge in [-0.05, 0) is 12.1 Å². The van der Waals surface area contributed by atoms with E-state index in [0.29, 0.717) is 0 Å². The number of para-hydroxylation sites is 1. The molecule has 3 heteroatoms. The monoisotopic (exact) mass is 188 g/mol. The minimum Gasteiger partial charge on any atom is -0.394 e. The van der Waals surface area contributed by atoms with Gasteiger partial charge in [-0.15, -0.1) is 0 Å². The van der Waals surface area contributed by atoms with Gasteiger partial charge in [0, 0.05) is 5.39 Å². The molecule has 1 atom stereocenters. The minimum absolute atomic E-state index is 0.0780. The van der Waals surface area contributed by atoms with Gasteiger partial charge in [0.1, 0.15) is 0 Å². The Hall–Kier alpha value is -1.45. The van der Waals surface area contributed by atoms with Crippen LogP contribution in [0.15, 0.2) is 36.4 Å². The van der Waals surface area contributed by atoms with E-state index in [9.17, 15) is 0 Å². The smallest absolute Gasteiger partial charge is 0.0706 e. The third kappa shape index (κ3) is 1.60. The maximum atomic E-state index is 8.90. The molecule has 3 N–H and O–H groups in total. The van der Waals surface area contributed by atoms with Crippen LogP contribution >= 0.6 is 0 Å². The summed E-state index contributed by atoms with van der Waals surface area (Å²) < 4.78 is 0. The van der Waals surface area contributed by atoms with Gasteiger partial charge in [0.15, 0.2) is 0 Å². The van der Waals surface area contributed by atoms with Crippen LogP contribution in [0.25, 0.3) is 10.9 Å². The fourth-order valence-electron chi connectivity index (χ4n) is 1.38. The number of nitrogens with zero attached hydrogens (tertiary/aromatic N) is 1. The predicted molar refractivity (Wildman–Crippen MR) is 55.8 cm³/mol. The number of nitrogens with two attached hydrogens (primary N) is 1. The summed E-state index contributed by atoms with van der Waals surface area (Å²) in [6, 6.07) is 11.3. The van der Waals surface area contributed by atoms with Gasteiger partial charge in [0.2, 0.25) is 0 Å². The molecule has 0 fully saturated rings. The molecule has 0 saturated heterocycles. The van der Waals surface area contributed by atoms with Crippen LogP contribution in [0.1, 0.15) is 11.7 Å². The van der Waals surface area contributed by atoms with E-state index in [1.54, 1.807) is 0 Å². The van der Waals surface area contributed by atoms with Crippen molar-refractivity contribution in [2.24, 2.45) is 5.73 Å². The molecule has 2 aromatic rings. The molecule has 0 unspecified atom stereocenters. The van der Waals surface area contributed by atoms with E-state index in [0.717, 1.165) is 16.6 Å². The molecule has 0 aliphatic rings. The zero-order valence-corrected chi connectivity index (χ0v) is 7.72. The second-order valence-corrected chi connectivity index (χ2v) is 3.22. The summed E-state index contributed by atoms with van der Waals surface area (Å²) in [6.07, 6.45) is 0. The molecule has 0 aliphatic carbocycles. The average molecular weight is 188 g/mol. The third-order valence-corrected chi connectivity index (χ3v) is 2.20. The minimum atomic E-state index is -0.389. The highest BCUT2D eigenvalue weighted by atomic mass is 16.3. The highest BCUT2D eigenvalue weighted by Gasteiger charge is 2.05. The van der Waals surface area contributed by atoms with Crippen LogP contribution < -0.4 is 5.73 Å². The van der Waals surface area contributed by atoms with E-state index in [4.69, 9.17) is 10.8 Å². The first-order valence-corrected chi connectivity index (χ1v) is 4.53. The largest absolute Gasteiger partial charge is 0.394 e. The van der Waals surface area contributed by atoms with Gasteiger partial charge in [-0.2, -0.15) is 0 Å². The molecule has 3 nitrogen and oxygen atoms in total. The van der Waals surface area contributed by atoms with Gasteiger partial charge in [-0.25, -0.2) is 0 Å². The van der Waals surface area contributed by atoms with Crippen LogP contribution in [0.4, 0.5) is 0 Å². The Labute approximate surface area is 82.2 Å². The molecule has 0 saturated carbocycles. The molecule has 0 spiro atoms. The maximum absolute atomic E-state index is 8.90. The van der Waals surface area contributed by atoms with E-state index >= 15 is 0 Å². The number of aliphatic hydroxyl groups is 1. The summed E-state index contributed by atoms with van der Waals surface area (Å²) in [5.41, 5.74) is 7.31. The lowest BCUT2D eigenvalue weighted by molar-refractivity contribution is 0.266. The van der Waals surface area contributed by atoms with Crippen molar-refractivity contribution in [1.82, 2.24) is 4.98 Å². The number of hydrogen-bond donors (Lipinski definition) is 2. The van der Waals surface area contributed by atoms with Crippen molar-refractivity contribution in [1.29, 1.82) is 0 Å². The number of rotatable bonds is 2. The molecule has 0 radical (unpaired) electrons. The van der Waals surface area contributed by atoms with E-state index < -0.39 is 0 Å². The summed E-state index contributed by atoms with van der Waals surface area (Å²) in [4.78, 5) is 4.36. The van der Waals surface area contributed by atoms with Crippen molar-refractivity contribution in [3.63, 3.8) is 0 Å². The normalized spacial score (nSPS) is 13.0. The first kappa shape index (κ1) is 9.12. The zero-order chi connectivity index (χ0) is 9.97. The van der Waals surface area contributed by atoms with Crippen molar-refractivity contribution in [2.45, 2.75) is 6.04 Å². The van der Waals surface area contributed by atoms with Gasteiger partial charge < -0.3 is 10.8 Å². The lowest BCUT2D eigenvalue weighted by Crippen LogP contribution is -2.15. The number of benzene rings is 1. The second kappa shape index (κ2) is 3.74. The molecule has 1 heterocycles. The molecular formula is C11H12N2O. The van der Waals surface area contributed by atoms with Gasteiger partial charge in [0.05, 0.1) is 23.9 Å². The number of aliphatic hydroxyl groups excluding tert-OH is 1. The van der Waals surface area contributed by atoms with Crippen LogP contribution in [-0.4, -0.2) is 16.7 Å². The Balaban J connectivity index is 2.51. The Morgan fingerprint density at radius 2 is 2.00 bits per heavy atom. The SMILES string of the molecule is N[C@@H](CO)c1ccc2ccccc2n1. The molecule has 2 rings (SSSR count). The molecule has 0 amide bonds. The van der Waals surface area contributed by atoms with Crippen LogP contribution in [0.3, 0.4) is 0 Å². The number of fused-ring (bicyclic) bond motifs is 1. The van der Waals surface area contributed by atoms with Gasteiger partial charge in [-0.1, -0.05) is 24.3 Å². The van der Waals surface area contributed by atoms with E-state index in [-0.39, 0.29) is 12.6 Å². The molecular weight excluding hydrogens is 176 g/mol. The molecule has 0 aliphatic heterocycles. The lowest BCUT2D eigenvalue weighted by Gasteiger charge is -2.07. The summed E-state index contributed by atoms with van der Waals surface area (Å²) in [5, 5.41) is 9.98. The van der Waals surface area contributed by atoms with Gasteiger partial charge in [0.25, 0.3) is 0 Å². The number of hydrogen-bond acceptors (Lipinski definition) is 3. The van der Waals surface area contributed by atoms with Gasteiger partial charge >= 0.3 is 0 Å². The summed E-state index contributed by atoms with van der Waals surface area (Å²) >= 11 is 0. The topological polar surface area (TPSA) is 59.1 Å². The molecule has 0 bridgehead atoms. The van der Waals surface area contributed by atoms with E-state index in [1.165, 1.54) is 0 Å². The fourth-order valence-corrected chi connectivity index (χ4v) is 1.38. The van der Waals surface area contributed by atoms with Crippen molar-refractivity contribution < 1.29 is 5.11 Å². The molecule has 1 aromatic heterocycles. The Morgan fingerprint density at radius 1 is 1.21 bits per heavy atom. The average Bonchev–Trinajstić information content (AvgIpc) is 2.27. The summed E-state index contributed by atoms with van der Waals surface area (Å²) in [7, 11) is 0.